The van der Waals surface area contributed by atoms with Crippen LogP contribution in [-0.2, 0) is 4.79 Å². The molecule has 0 aliphatic carbocycles. The highest BCUT2D eigenvalue weighted by atomic mass is 79.9. The summed E-state index contributed by atoms with van der Waals surface area (Å²) >= 11 is 3.37. The number of anilines is 2. The van der Waals surface area contributed by atoms with E-state index < -0.39 is 0 Å². The molecule has 1 atom stereocenters. The molecule has 0 fully saturated rings. The molecule has 4 heteroatoms. The zero-order valence-electron chi connectivity index (χ0n) is 11.5. The molecule has 2 aromatic rings. The fraction of sp³-hybridized carbons (Fsp3) is 0.188. The van der Waals surface area contributed by atoms with E-state index in [2.05, 4.69) is 26.6 Å². The van der Waals surface area contributed by atoms with Crippen LogP contribution in [0.4, 0.5) is 11.4 Å². The van der Waals surface area contributed by atoms with Crippen molar-refractivity contribution in [2.24, 2.45) is 0 Å². The van der Waals surface area contributed by atoms with Crippen LogP contribution in [0.2, 0.25) is 0 Å². The van der Waals surface area contributed by atoms with Gasteiger partial charge < -0.3 is 10.6 Å². The molecule has 1 amide bonds. The number of hydrogen-bond donors (Lipinski definition) is 2. The number of nitrogens with one attached hydrogen (secondary N) is 2. The SMILES string of the molecule is Cc1ccc(N[C@@H](C)C(=O)Nc2ccc(Br)cc2)cc1. The average molecular weight is 333 g/mol. The molecule has 2 rings (SSSR count). The lowest BCUT2D eigenvalue weighted by Crippen LogP contribution is -2.31. The molecule has 0 aromatic heterocycles. The van der Waals surface area contributed by atoms with Crippen molar-refractivity contribution >= 4 is 33.2 Å². The molecule has 2 N–H and O–H groups in total. The molecule has 0 unspecified atom stereocenters. The second-order valence-corrected chi connectivity index (χ2v) is 5.64. The van der Waals surface area contributed by atoms with Crippen LogP contribution in [0.3, 0.4) is 0 Å². The van der Waals surface area contributed by atoms with Gasteiger partial charge in [-0.15, -0.1) is 0 Å². The monoisotopic (exact) mass is 332 g/mol. The van der Waals surface area contributed by atoms with Gasteiger partial charge in [-0.1, -0.05) is 33.6 Å². The van der Waals surface area contributed by atoms with Crippen LogP contribution in [0.5, 0.6) is 0 Å². The second kappa shape index (κ2) is 6.57. The molecule has 20 heavy (non-hydrogen) atoms. The molecule has 0 saturated heterocycles. The van der Waals surface area contributed by atoms with E-state index in [0.717, 1.165) is 15.8 Å². The smallest absolute Gasteiger partial charge is 0.246 e. The maximum Gasteiger partial charge on any atom is 0.246 e. The van der Waals surface area contributed by atoms with Crippen molar-refractivity contribution in [2.75, 3.05) is 10.6 Å². The molecule has 104 valence electrons. The maximum atomic E-state index is 12.1. The van der Waals surface area contributed by atoms with E-state index in [0.29, 0.717) is 0 Å². The van der Waals surface area contributed by atoms with E-state index in [1.807, 2.05) is 62.4 Å². The Morgan fingerprint density at radius 2 is 1.55 bits per heavy atom. The van der Waals surface area contributed by atoms with Crippen LogP contribution in [0.1, 0.15) is 12.5 Å². The molecule has 3 nitrogen and oxygen atoms in total. The average Bonchev–Trinajstić information content (AvgIpc) is 2.44. The third-order valence-electron chi connectivity index (χ3n) is 2.94. The minimum atomic E-state index is -0.304. The highest BCUT2D eigenvalue weighted by Gasteiger charge is 2.12. The Morgan fingerprint density at radius 1 is 1.00 bits per heavy atom. The third kappa shape index (κ3) is 4.10. The van der Waals surface area contributed by atoms with Crippen molar-refractivity contribution < 1.29 is 4.79 Å². The lowest BCUT2D eigenvalue weighted by atomic mass is 10.2. The Balaban J connectivity index is 1.94. The van der Waals surface area contributed by atoms with Gasteiger partial charge in [0.15, 0.2) is 0 Å². The fourth-order valence-electron chi connectivity index (χ4n) is 1.75. The van der Waals surface area contributed by atoms with E-state index in [4.69, 9.17) is 0 Å². The van der Waals surface area contributed by atoms with E-state index >= 15 is 0 Å². The molecule has 0 bridgehead atoms. The standard InChI is InChI=1S/C16H17BrN2O/c1-11-3-7-14(8-4-11)18-12(2)16(20)19-15-9-5-13(17)6-10-15/h3-10,12,18H,1-2H3,(H,19,20)/t12-/m0/s1. The molecule has 0 radical (unpaired) electrons. The highest BCUT2D eigenvalue weighted by Crippen LogP contribution is 2.15. The Hall–Kier alpha value is -1.81. The summed E-state index contributed by atoms with van der Waals surface area (Å²) in [7, 11) is 0. The van der Waals surface area contributed by atoms with Gasteiger partial charge in [0.25, 0.3) is 0 Å². The Morgan fingerprint density at radius 3 is 2.15 bits per heavy atom. The summed E-state index contributed by atoms with van der Waals surface area (Å²) in [6, 6.07) is 15.2. The molecule has 0 heterocycles. The van der Waals surface area contributed by atoms with Crippen LogP contribution >= 0.6 is 15.9 Å². The predicted octanol–water partition coefficient (Wildman–Crippen LogP) is 4.20. The van der Waals surface area contributed by atoms with E-state index in [1.165, 1.54) is 5.56 Å². The quantitative estimate of drug-likeness (QED) is 0.881. The van der Waals surface area contributed by atoms with Crippen LogP contribution in [0.25, 0.3) is 0 Å². The predicted molar refractivity (Wildman–Crippen MR) is 87.0 cm³/mol. The van der Waals surface area contributed by atoms with Gasteiger partial charge in [0, 0.05) is 15.8 Å². The number of hydrogen-bond acceptors (Lipinski definition) is 2. The first kappa shape index (κ1) is 14.6. The molecule has 0 aliphatic rings. The zero-order chi connectivity index (χ0) is 14.5. The van der Waals surface area contributed by atoms with Crippen molar-refractivity contribution in [3.05, 3.63) is 58.6 Å². The van der Waals surface area contributed by atoms with Crippen LogP contribution in [-0.4, -0.2) is 11.9 Å². The topological polar surface area (TPSA) is 41.1 Å². The highest BCUT2D eigenvalue weighted by molar-refractivity contribution is 9.10. The Bertz CT molecular complexity index is 578. The normalized spacial score (nSPS) is 11.8. The Labute approximate surface area is 127 Å². The fourth-order valence-corrected chi connectivity index (χ4v) is 2.01. The summed E-state index contributed by atoms with van der Waals surface area (Å²) in [5.74, 6) is -0.0621. The van der Waals surface area contributed by atoms with E-state index in [1.54, 1.807) is 0 Å². The number of halogens is 1. The maximum absolute atomic E-state index is 12.1. The number of rotatable bonds is 4. The van der Waals surface area contributed by atoms with Crippen molar-refractivity contribution in [1.29, 1.82) is 0 Å². The number of benzene rings is 2. The van der Waals surface area contributed by atoms with Crippen LogP contribution in [0, 0.1) is 6.92 Å². The van der Waals surface area contributed by atoms with Crippen molar-refractivity contribution in [2.45, 2.75) is 19.9 Å². The van der Waals surface area contributed by atoms with Gasteiger partial charge in [0.2, 0.25) is 5.91 Å². The van der Waals surface area contributed by atoms with Crippen LogP contribution < -0.4 is 10.6 Å². The van der Waals surface area contributed by atoms with Crippen molar-refractivity contribution in [1.82, 2.24) is 0 Å². The third-order valence-corrected chi connectivity index (χ3v) is 3.47. The summed E-state index contributed by atoms with van der Waals surface area (Å²) < 4.78 is 0.987. The summed E-state index contributed by atoms with van der Waals surface area (Å²) in [6.45, 7) is 3.88. The minimum absolute atomic E-state index is 0.0621. The number of amides is 1. The van der Waals surface area contributed by atoms with Gasteiger partial charge >= 0.3 is 0 Å². The van der Waals surface area contributed by atoms with Gasteiger partial charge in [0.05, 0.1) is 0 Å². The van der Waals surface area contributed by atoms with E-state index in [9.17, 15) is 4.79 Å². The Kier molecular flexibility index (Phi) is 4.79. The van der Waals surface area contributed by atoms with Crippen LogP contribution in [0.15, 0.2) is 53.0 Å². The molecule has 2 aromatic carbocycles. The van der Waals surface area contributed by atoms with Gasteiger partial charge in [-0.05, 0) is 50.2 Å². The summed E-state index contributed by atoms with van der Waals surface area (Å²) in [5, 5.41) is 6.06. The molecular formula is C16H17BrN2O. The largest absolute Gasteiger partial charge is 0.374 e. The zero-order valence-corrected chi connectivity index (χ0v) is 13.1. The number of aryl methyl sites for hydroxylation is 1. The summed E-state index contributed by atoms with van der Waals surface area (Å²) in [5.41, 5.74) is 2.92. The first-order chi connectivity index (χ1) is 9.54. The van der Waals surface area contributed by atoms with Gasteiger partial charge in [-0.3, -0.25) is 4.79 Å². The molecule has 0 spiro atoms. The van der Waals surface area contributed by atoms with E-state index in [-0.39, 0.29) is 11.9 Å². The molecule has 0 saturated carbocycles. The molecular weight excluding hydrogens is 316 g/mol. The lowest BCUT2D eigenvalue weighted by Gasteiger charge is -2.15. The number of carbonyl (C=O) groups excluding carboxylic acids is 1. The second-order valence-electron chi connectivity index (χ2n) is 4.73. The van der Waals surface area contributed by atoms with Gasteiger partial charge in [0.1, 0.15) is 6.04 Å². The first-order valence-electron chi connectivity index (χ1n) is 6.44. The number of carbonyl (C=O) groups is 1. The van der Waals surface area contributed by atoms with Crippen molar-refractivity contribution in [3.63, 3.8) is 0 Å². The first-order valence-corrected chi connectivity index (χ1v) is 7.23. The lowest BCUT2D eigenvalue weighted by molar-refractivity contribution is -0.116. The summed E-state index contributed by atoms with van der Waals surface area (Å²) in [6.07, 6.45) is 0. The minimum Gasteiger partial charge on any atom is -0.374 e. The van der Waals surface area contributed by atoms with Crippen molar-refractivity contribution in [3.8, 4) is 0 Å². The summed E-state index contributed by atoms with van der Waals surface area (Å²) in [4.78, 5) is 12.1. The van der Waals surface area contributed by atoms with Gasteiger partial charge in [-0.2, -0.15) is 0 Å². The van der Waals surface area contributed by atoms with Gasteiger partial charge in [-0.25, -0.2) is 0 Å². The molecule has 0 aliphatic heterocycles.